The van der Waals surface area contributed by atoms with Crippen LogP contribution >= 0.6 is 0 Å². The van der Waals surface area contributed by atoms with Crippen LogP contribution in [0.5, 0.6) is 0 Å². The number of aryl methyl sites for hydroxylation is 2. The average molecular weight is 370 g/mol. The molecule has 3 aromatic carbocycles. The van der Waals surface area contributed by atoms with Crippen molar-refractivity contribution in [3.8, 4) is 0 Å². The van der Waals surface area contributed by atoms with Crippen LogP contribution in [0.25, 0.3) is 0 Å². The molecular weight excluding hydrogens is 344 g/mol. The second-order valence-corrected chi connectivity index (χ2v) is 7.13. The van der Waals surface area contributed by atoms with E-state index in [1.807, 2.05) is 48.5 Å². The molecule has 0 saturated carbocycles. The van der Waals surface area contributed by atoms with Gasteiger partial charge in [0.1, 0.15) is 0 Å². The normalized spacial score (nSPS) is 10.6. The second kappa shape index (κ2) is 9.27. The van der Waals surface area contributed by atoms with Gasteiger partial charge in [0, 0.05) is 22.3 Å². The molecule has 0 unspecified atom stereocenters. The molecule has 0 spiro atoms. The van der Waals surface area contributed by atoms with E-state index in [1.54, 1.807) is 24.3 Å². The van der Waals surface area contributed by atoms with Crippen LogP contribution in [0.2, 0.25) is 0 Å². The van der Waals surface area contributed by atoms with Crippen LogP contribution in [-0.4, -0.2) is 11.6 Å². The van der Waals surface area contributed by atoms with E-state index < -0.39 is 0 Å². The van der Waals surface area contributed by atoms with Crippen LogP contribution in [0.15, 0.2) is 72.8 Å². The third kappa shape index (κ3) is 4.64. The highest BCUT2D eigenvalue weighted by Gasteiger charge is 2.14. The molecule has 0 saturated heterocycles. The standard InChI is InChI=1S/C26H26O2/c1-3-6-19-10-14-21(15-11-19)25(27)23-8-5-9-24(18-23)26(28)22-16-12-20(7-4-2)13-17-22/h5,8-18H,3-4,6-7H2,1-2H3. The molecule has 3 rings (SSSR count). The minimum atomic E-state index is -0.0593. The van der Waals surface area contributed by atoms with E-state index in [0.29, 0.717) is 22.3 Å². The van der Waals surface area contributed by atoms with E-state index in [9.17, 15) is 9.59 Å². The van der Waals surface area contributed by atoms with E-state index in [1.165, 1.54) is 11.1 Å². The zero-order chi connectivity index (χ0) is 19.9. The van der Waals surface area contributed by atoms with Crippen molar-refractivity contribution in [3.63, 3.8) is 0 Å². The summed E-state index contributed by atoms with van der Waals surface area (Å²) < 4.78 is 0. The van der Waals surface area contributed by atoms with Gasteiger partial charge in [0.25, 0.3) is 0 Å². The third-order valence-electron chi connectivity index (χ3n) is 4.90. The second-order valence-electron chi connectivity index (χ2n) is 7.13. The number of rotatable bonds is 8. The molecule has 2 nitrogen and oxygen atoms in total. The van der Waals surface area contributed by atoms with E-state index >= 15 is 0 Å². The highest BCUT2D eigenvalue weighted by Crippen LogP contribution is 2.17. The maximum absolute atomic E-state index is 12.8. The van der Waals surface area contributed by atoms with Crippen molar-refractivity contribution in [1.29, 1.82) is 0 Å². The minimum Gasteiger partial charge on any atom is -0.289 e. The monoisotopic (exact) mass is 370 g/mol. The van der Waals surface area contributed by atoms with Gasteiger partial charge < -0.3 is 0 Å². The maximum Gasteiger partial charge on any atom is 0.193 e. The summed E-state index contributed by atoms with van der Waals surface area (Å²) in [5, 5.41) is 0. The molecule has 142 valence electrons. The van der Waals surface area contributed by atoms with Crippen LogP contribution < -0.4 is 0 Å². The van der Waals surface area contributed by atoms with Crippen molar-refractivity contribution in [2.45, 2.75) is 39.5 Å². The zero-order valence-corrected chi connectivity index (χ0v) is 16.6. The van der Waals surface area contributed by atoms with E-state index in [4.69, 9.17) is 0 Å². The molecule has 3 aromatic rings. The van der Waals surface area contributed by atoms with Crippen molar-refractivity contribution in [2.24, 2.45) is 0 Å². The molecule has 0 N–H and O–H groups in total. The number of carbonyl (C=O) groups is 2. The van der Waals surface area contributed by atoms with Gasteiger partial charge in [-0.1, -0.05) is 93.4 Å². The number of hydrogen-bond acceptors (Lipinski definition) is 2. The van der Waals surface area contributed by atoms with Crippen molar-refractivity contribution in [3.05, 3.63) is 106 Å². The fourth-order valence-corrected chi connectivity index (χ4v) is 3.36. The molecule has 0 heterocycles. The Morgan fingerprint density at radius 1 is 0.571 bits per heavy atom. The predicted molar refractivity (Wildman–Crippen MR) is 114 cm³/mol. The molecule has 0 aliphatic carbocycles. The highest BCUT2D eigenvalue weighted by molar-refractivity contribution is 6.13. The van der Waals surface area contributed by atoms with Gasteiger partial charge in [0.15, 0.2) is 11.6 Å². The third-order valence-corrected chi connectivity index (χ3v) is 4.90. The molecule has 0 aromatic heterocycles. The molecule has 0 atom stereocenters. The molecule has 28 heavy (non-hydrogen) atoms. The van der Waals surface area contributed by atoms with E-state index in [2.05, 4.69) is 13.8 Å². The summed E-state index contributed by atoms with van der Waals surface area (Å²) >= 11 is 0. The van der Waals surface area contributed by atoms with Gasteiger partial charge >= 0.3 is 0 Å². The lowest BCUT2D eigenvalue weighted by Gasteiger charge is -2.07. The lowest BCUT2D eigenvalue weighted by Crippen LogP contribution is -2.06. The summed E-state index contributed by atoms with van der Waals surface area (Å²) in [7, 11) is 0. The summed E-state index contributed by atoms with van der Waals surface area (Å²) in [6.07, 6.45) is 4.18. The predicted octanol–water partition coefficient (Wildman–Crippen LogP) is 6.05. The molecule has 0 fully saturated rings. The largest absolute Gasteiger partial charge is 0.289 e. The van der Waals surface area contributed by atoms with Crippen molar-refractivity contribution in [2.75, 3.05) is 0 Å². The highest BCUT2D eigenvalue weighted by atomic mass is 16.1. The van der Waals surface area contributed by atoms with Crippen molar-refractivity contribution in [1.82, 2.24) is 0 Å². The minimum absolute atomic E-state index is 0.0593. The Morgan fingerprint density at radius 3 is 1.32 bits per heavy atom. The summed E-state index contributed by atoms with van der Waals surface area (Å²) in [4.78, 5) is 25.7. The number of carbonyl (C=O) groups excluding carboxylic acids is 2. The maximum atomic E-state index is 12.8. The molecule has 2 heteroatoms. The van der Waals surface area contributed by atoms with Gasteiger partial charge in [-0.3, -0.25) is 9.59 Å². The van der Waals surface area contributed by atoms with Crippen molar-refractivity contribution >= 4 is 11.6 Å². The van der Waals surface area contributed by atoms with E-state index in [-0.39, 0.29) is 11.6 Å². The van der Waals surface area contributed by atoms with Gasteiger partial charge in [-0.25, -0.2) is 0 Å². The Kier molecular flexibility index (Phi) is 6.54. The molecule has 0 aliphatic heterocycles. The fraction of sp³-hybridized carbons (Fsp3) is 0.231. The van der Waals surface area contributed by atoms with Gasteiger partial charge in [-0.05, 0) is 30.0 Å². The summed E-state index contributed by atoms with van der Waals surface area (Å²) in [5.74, 6) is -0.119. The topological polar surface area (TPSA) is 34.1 Å². The van der Waals surface area contributed by atoms with E-state index in [0.717, 1.165) is 25.7 Å². The molecule has 0 aliphatic rings. The lowest BCUT2D eigenvalue weighted by atomic mass is 9.96. The first kappa shape index (κ1) is 19.8. The average Bonchev–Trinajstić information content (AvgIpc) is 2.74. The molecule has 0 bridgehead atoms. The van der Waals surface area contributed by atoms with Crippen LogP contribution in [-0.2, 0) is 12.8 Å². The Bertz CT molecular complexity index is 874. The van der Waals surface area contributed by atoms with Crippen LogP contribution in [0.3, 0.4) is 0 Å². The molecule has 0 radical (unpaired) electrons. The Hall–Kier alpha value is -3.00. The Morgan fingerprint density at radius 2 is 0.964 bits per heavy atom. The lowest BCUT2D eigenvalue weighted by molar-refractivity contribution is 0.103. The first-order valence-electron chi connectivity index (χ1n) is 9.99. The summed E-state index contributed by atoms with van der Waals surface area (Å²) in [6, 6.07) is 22.5. The van der Waals surface area contributed by atoms with Crippen molar-refractivity contribution < 1.29 is 9.59 Å². The summed E-state index contributed by atoms with van der Waals surface area (Å²) in [6.45, 7) is 4.28. The van der Waals surface area contributed by atoms with Gasteiger partial charge in [0.2, 0.25) is 0 Å². The smallest absolute Gasteiger partial charge is 0.193 e. The number of hydrogen-bond donors (Lipinski definition) is 0. The van der Waals surface area contributed by atoms with Gasteiger partial charge in [-0.15, -0.1) is 0 Å². The summed E-state index contributed by atoms with van der Waals surface area (Å²) in [5.41, 5.74) is 4.83. The van der Waals surface area contributed by atoms with Gasteiger partial charge in [-0.2, -0.15) is 0 Å². The molecule has 0 amide bonds. The first-order chi connectivity index (χ1) is 13.6. The molecular formula is C26H26O2. The van der Waals surface area contributed by atoms with Crippen LogP contribution in [0.4, 0.5) is 0 Å². The van der Waals surface area contributed by atoms with Crippen LogP contribution in [0, 0.1) is 0 Å². The number of ketones is 2. The van der Waals surface area contributed by atoms with Gasteiger partial charge in [0.05, 0.1) is 0 Å². The fourth-order valence-electron chi connectivity index (χ4n) is 3.36. The Labute approximate surface area is 167 Å². The SMILES string of the molecule is CCCc1ccc(C(=O)c2cccc(C(=O)c3ccc(CCC)cc3)c2)cc1. The zero-order valence-electron chi connectivity index (χ0n) is 16.6. The number of benzene rings is 3. The quantitative estimate of drug-likeness (QED) is 0.452. The first-order valence-corrected chi connectivity index (χ1v) is 9.99. The Balaban J connectivity index is 1.80. The van der Waals surface area contributed by atoms with Crippen LogP contribution in [0.1, 0.15) is 69.7 Å².